The molecule has 6 aromatic carbocycles. The Bertz CT molecular complexity index is 6000. The summed E-state index contributed by atoms with van der Waals surface area (Å²) in [4.78, 5) is 98.0. The molecule has 0 unspecified atom stereocenters. The number of fused-ring (bicyclic) bond motifs is 22. The average molecular weight is 1910 g/mol. The van der Waals surface area contributed by atoms with Gasteiger partial charge in [0.05, 0.1) is 86.0 Å². The van der Waals surface area contributed by atoms with E-state index in [9.17, 15) is 59.7 Å². The lowest BCUT2D eigenvalue weighted by atomic mass is 9.47. The van der Waals surface area contributed by atoms with Crippen LogP contribution in [0.1, 0.15) is 174 Å². The summed E-state index contributed by atoms with van der Waals surface area (Å²) in [7, 11) is 13.8. The molecule has 30 heteroatoms. The first kappa shape index (κ1) is 102. The zero-order valence-electron chi connectivity index (χ0n) is 83.6. The van der Waals surface area contributed by atoms with Crippen molar-refractivity contribution in [1.29, 1.82) is 0 Å². The summed E-state index contributed by atoms with van der Waals surface area (Å²) in [6, 6.07) is 28.7. The van der Waals surface area contributed by atoms with Gasteiger partial charge in [-0.3, -0.25) is 38.8 Å². The Morgan fingerprint density at radius 2 is 1.40 bits per heavy atom. The highest BCUT2D eigenvalue weighted by atomic mass is 16.7. The summed E-state index contributed by atoms with van der Waals surface area (Å²) in [6.45, 7) is 24.8. The molecule has 11 aliphatic rings. The van der Waals surface area contributed by atoms with Crippen LogP contribution in [-0.4, -0.2) is 289 Å². The summed E-state index contributed by atoms with van der Waals surface area (Å²) in [5.41, 5.74) is 5.23. The maximum absolute atomic E-state index is 15.3. The van der Waals surface area contributed by atoms with Crippen LogP contribution in [0.4, 0.5) is 11.4 Å². The van der Waals surface area contributed by atoms with Gasteiger partial charge in [0.2, 0.25) is 5.60 Å². The van der Waals surface area contributed by atoms with E-state index in [-0.39, 0.29) is 56.4 Å². The van der Waals surface area contributed by atoms with Gasteiger partial charge in [-0.15, -0.1) is 0 Å². The largest absolute Gasteiger partial charge is 0.507 e. The third-order valence-corrected chi connectivity index (χ3v) is 31.7. The van der Waals surface area contributed by atoms with Gasteiger partial charge >= 0.3 is 29.7 Å². The zero-order chi connectivity index (χ0) is 100. The van der Waals surface area contributed by atoms with Crippen LogP contribution in [0.2, 0.25) is 0 Å². The minimum atomic E-state index is -2.30. The number of nitrogens with zero attached hydrogens (tertiary/aromatic N) is 7. The lowest BCUT2D eigenvalue weighted by Gasteiger charge is -2.63. The second kappa shape index (κ2) is 40.6. The number of aliphatic hydroxyl groups excluding tert-OH is 2. The molecule has 1 spiro atoms. The predicted octanol–water partition coefficient (Wildman–Crippen LogP) is 12.5. The zero-order valence-corrected chi connectivity index (χ0v) is 83.6. The number of aliphatic hydroxyl groups is 4. The fourth-order valence-electron chi connectivity index (χ4n) is 24.5. The van der Waals surface area contributed by atoms with E-state index >= 15 is 4.79 Å². The van der Waals surface area contributed by atoms with E-state index in [1.165, 1.54) is 108 Å². The maximum atomic E-state index is 15.3. The minimum Gasteiger partial charge on any atom is -0.507 e. The Labute approximate surface area is 814 Å². The molecule has 1 aromatic heterocycles. The Morgan fingerprint density at radius 1 is 0.734 bits per heavy atom. The number of likely N-dealkylation sites (N-methyl/N-ethyl adjacent to an activating group) is 2. The number of ether oxygens (including phenoxy) is 8. The molecule has 30 nitrogen and oxygen atoms in total. The maximum Gasteiger partial charge on any atom is 0.344 e. The number of anilines is 2. The monoisotopic (exact) mass is 1910 g/mol. The van der Waals surface area contributed by atoms with Crippen molar-refractivity contribution >= 4 is 80.4 Å². The molecule has 10 heterocycles. The molecule has 7 aromatic rings. The normalized spacial score (nSPS) is 31.4. The van der Waals surface area contributed by atoms with Gasteiger partial charge in [-0.05, 0) is 162 Å². The Hall–Kier alpha value is -11.4. The van der Waals surface area contributed by atoms with Crippen molar-refractivity contribution in [2.45, 2.75) is 204 Å². The van der Waals surface area contributed by atoms with E-state index in [1.807, 2.05) is 57.1 Å². The van der Waals surface area contributed by atoms with Crippen LogP contribution in [0, 0.1) is 41.9 Å². The number of H-pyrrole nitrogens is 1. The first-order chi connectivity index (χ1) is 66.2. The number of hydrogen-bond acceptors (Lipinski definition) is 28. The first-order valence-corrected chi connectivity index (χ1v) is 48.8. The van der Waals surface area contributed by atoms with Gasteiger partial charge in [-0.2, -0.15) is 5.10 Å². The molecular formula is C109H139N9O21. The number of rotatable bonds is 14. The number of phenolic OH excluding ortho intramolecular Hbond substituents is 3. The quantitative estimate of drug-likeness (QED) is 0.0122. The van der Waals surface area contributed by atoms with Crippen LogP contribution >= 0.6 is 0 Å². The van der Waals surface area contributed by atoms with E-state index in [1.54, 1.807) is 52.0 Å². The first-order valence-electron chi connectivity index (χ1n) is 48.8. The Kier molecular flexibility index (Phi) is 29.8. The predicted molar refractivity (Wildman–Crippen MR) is 531 cm³/mol. The average Bonchev–Trinajstić information content (AvgIpc) is 1.47. The molecule has 4 fully saturated rings. The molecule has 139 heavy (non-hydrogen) atoms. The van der Waals surface area contributed by atoms with Gasteiger partial charge in [0.15, 0.2) is 11.9 Å². The number of aromatic hydroxyl groups is 3. The van der Waals surface area contributed by atoms with Crippen LogP contribution in [0.25, 0.3) is 27.2 Å². The second-order valence-corrected chi connectivity index (χ2v) is 40.3. The van der Waals surface area contributed by atoms with Crippen LogP contribution in [-0.2, 0) is 82.5 Å². The number of amides is 1. The van der Waals surface area contributed by atoms with Crippen molar-refractivity contribution in [3.8, 4) is 28.7 Å². The van der Waals surface area contributed by atoms with Crippen molar-refractivity contribution in [3.63, 3.8) is 0 Å². The molecular weight excluding hydrogens is 1770 g/mol. The Morgan fingerprint density at radius 3 is 2.04 bits per heavy atom. The molecule has 9 aliphatic heterocycles. The second-order valence-electron chi connectivity index (χ2n) is 40.3. The van der Waals surface area contributed by atoms with Gasteiger partial charge < -0.3 is 98.6 Å². The number of phenols is 3. The molecule has 1 saturated carbocycles. The lowest BCUT2D eigenvalue weighted by molar-refractivity contribution is -0.228. The van der Waals surface area contributed by atoms with Gasteiger partial charge in [0.1, 0.15) is 34.5 Å². The molecule has 7 bridgehead atoms. The van der Waals surface area contributed by atoms with Crippen LogP contribution in [0.5, 0.6) is 28.7 Å². The smallest absolute Gasteiger partial charge is 0.344 e. The summed E-state index contributed by atoms with van der Waals surface area (Å²) in [5.74, 6) is -9.91. The fourth-order valence-corrected chi connectivity index (χ4v) is 24.5. The van der Waals surface area contributed by atoms with Crippen molar-refractivity contribution in [1.82, 2.24) is 29.6 Å². The molecule has 0 radical (unpaired) electrons. The highest BCUT2D eigenvalue weighted by Gasteiger charge is 2.81. The Balaban J connectivity index is 0.000000174. The number of methoxy groups -OCH3 is 4. The molecule has 746 valence electrons. The number of nitrogens with one attached hydrogen (secondary N) is 2. The van der Waals surface area contributed by atoms with Crippen molar-refractivity contribution in [2.75, 3.05) is 132 Å². The minimum absolute atomic E-state index is 0.0559. The topological polar surface area (TPSA) is 377 Å². The van der Waals surface area contributed by atoms with Gasteiger partial charge in [0.25, 0.3) is 11.7 Å². The number of hydrogen-bond donors (Lipinski definition) is 9. The summed E-state index contributed by atoms with van der Waals surface area (Å²) < 4.78 is 47.5. The van der Waals surface area contributed by atoms with Crippen molar-refractivity contribution in [3.05, 3.63) is 201 Å². The number of allylic oxidation sites excluding steroid dienone is 2. The van der Waals surface area contributed by atoms with Crippen LogP contribution < -0.4 is 19.7 Å². The van der Waals surface area contributed by atoms with E-state index in [4.69, 9.17) is 37.9 Å². The number of aromatic nitrogens is 1. The highest BCUT2D eigenvalue weighted by Crippen LogP contribution is 2.69. The number of piperazine rings is 1. The lowest BCUT2D eigenvalue weighted by Crippen LogP contribution is -2.81. The number of carbonyl (C=O) groups is 6. The molecule has 3 saturated heterocycles. The third kappa shape index (κ3) is 18.2. The molecule has 1 amide bonds. The van der Waals surface area contributed by atoms with Gasteiger partial charge in [-0.25, -0.2) is 4.79 Å². The van der Waals surface area contributed by atoms with Gasteiger partial charge in [0, 0.05) is 185 Å². The summed E-state index contributed by atoms with van der Waals surface area (Å²) >= 11 is 0. The SMILES string of the molecule is CC[C@]1(O)C[C@@H]2C[N@@](CCc3c([nH]c4ccccc34)[C@@](C(=O)OC)(c3cc4c(cc3OC)N(C)[C@H]3[C@@](O)(C(=O)OC)[C@H](OC(C)=O)[C@]5(CC)C=CCN6CC[C@]43[C@@H]65)C2)C1.CN(C)CCC=C1c2ccccc2CCc2ccccc21.CO[C@H]1/C=C/O[C@@]2(C)Oc3c(C)c(O)c4c(O)c(c(/C=N/N5CCN(C)CC5)c(O)c4c3C2=O)NC(=O)/C(C)=C\C=C\[C@H](C)[C@H](O)[C@@H](C)[C@@H](O)[C@@H](C)[C@H](OC(C)=O)[C@@H]1C. The van der Waals surface area contributed by atoms with E-state index in [2.05, 4.69) is 128 Å². The number of ketones is 1. The number of esters is 4. The number of aryl methyl sites for hydroxylation is 2. The number of piperidine rings is 1. The molecule has 18 rings (SSSR count). The molecule has 19 atom stereocenters. The number of hydrazone groups is 1. The van der Waals surface area contributed by atoms with E-state index < -0.39 is 146 Å². The molecule has 2 aliphatic carbocycles. The number of benzene rings is 6. The van der Waals surface area contributed by atoms with E-state index in [0.717, 1.165) is 72.3 Å². The van der Waals surface area contributed by atoms with Crippen molar-refractivity contribution < 1.29 is 102 Å². The van der Waals surface area contributed by atoms with Crippen LogP contribution in [0.3, 0.4) is 0 Å². The number of aromatic amines is 1. The highest BCUT2D eigenvalue weighted by molar-refractivity contribution is 6.24. The number of carbonyl (C=O) groups excluding carboxylic acids is 6. The number of Topliss-reactive ketones (excluding diaryl/α,β-unsaturated/α-hetero) is 1. The molecule has 9 N–H and O–H groups in total. The fraction of sp³-hybridized carbons (Fsp3) is 0.514. The third-order valence-electron chi connectivity index (χ3n) is 31.7. The standard InChI is InChI=1S/C46H58N4O9.C43H58N4O12.C20H23N/c1-8-42(54)23-28-24-45(40(52)57-6,36-30(15-19-49(25-28)26-42)29-13-10-11-14-33(29)47-36)32-21-31-34(22-35(32)56-5)48(4)38-44(31)17-20-50-18-12-16-43(9-2,37(44)50)39(59-27(3)51)46(38,55)41(53)58-7;1-21-12-11-13-22(2)42(55)45-33-28(20-44-47-17-15-46(9)16-18-47)37(52)30-31(38(33)53)36(51)26(6)40-32(30)41(54)43(8,59-40)57-19-14-29(56-10)23(3)39(58-27(7)48)25(5)35(50)24(4)34(21)49;1-21(2)15-7-12-20-18-10-5-3-8-16(18)13-14-17-9-4-6-11-19(17)20/h10-14,16,21-22,28,37-39,47,54-55H,8-9,15,17-20,23-26H2,1-7H3;11-14,19-21,23-25,29,34-35,39,49-53H,15-18H2,1-10H3,(H,45,55);3-6,8-12H,7,13-15H2,1-2H3/b;12-11+,19-14+,22-13-,44-20+;/t28-,37-,38+,39+,42-,43+,44+,45-,46-;21-,23+,24+,25+,29-,34-,35+,39+,43-;/m00./s1. The summed E-state index contributed by atoms with van der Waals surface area (Å²) in [5, 5.41) is 93.2. The summed E-state index contributed by atoms with van der Waals surface area (Å²) in [6.07, 6.45) is 16.6. The number of para-hydroxylation sites is 1. The van der Waals surface area contributed by atoms with Crippen molar-refractivity contribution in [2.24, 2.45) is 40.1 Å². The van der Waals surface area contributed by atoms with Gasteiger partial charge in [-0.1, -0.05) is 145 Å². The van der Waals surface area contributed by atoms with E-state index in [0.29, 0.717) is 95.7 Å². The van der Waals surface area contributed by atoms with Crippen LogP contribution in [0.15, 0.2) is 144 Å².